The molecule has 2 aromatic rings. The number of fused-ring (bicyclic) bond motifs is 1. The fourth-order valence-corrected chi connectivity index (χ4v) is 4.05. The average molecular weight is 354 g/mol. The molecular formula is C14H14N2O5S2. The van der Waals surface area contributed by atoms with E-state index in [9.17, 15) is 13.2 Å². The summed E-state index contributed by atoms with van der Waals surface area (Å²) in [5.41, 5.74) is 0.570. The van der Waals surface area contributed by atoms with Gasteiger partial charge in [0.1, 0.15) is 4.21 Å². The molecule has 2 N–H and O–H groups in total. The highest BCUT2D eigenvalue weighted by Gasteiger charge is 2.16. The van der Waals surface area contributed by atoms with Crippen molar-refractivity contribution in [1.82, 2.24) is 4.72 Å². The number of ether oxygens (including phenoxy) is 2. The Morgan fingerprint density at radius 2 is 2.04 bits per heavy atom. The number of sulfonamides is 1. The largest absolute Gasteiger partial charge is 0.454 e. The summed E-state index contributed by atoms with van der Waals surface area (Å²) < 4.78 is 36.8. The van der Waals surface area contributed by atoms with Crippen molar-refractivity contribution >= 4 is 33.0 Å². The van der Waals surface area contributed by atoms with Gasteiger partial charge in [0, 0.05) is 24.7 Å². The predicted molar refractivity (Wildman–Crippen MR) is 85.3 cm³/mol. The third-order valence-electron chi connectivity index (χ3n) is 3.06. The van der Waals surface area contributed by atoms with Crippen LogP contribution < -0.4 is 19.5 Å². The van der Waals surface area contributed by atoms with Crippen molar-refractivity contribution in [2.45, 2.75) is 10.6 Å². The van der Waals surface area contributed by atoms with Crippen LogP contribution in [0.15, 0.2) is 39.9 Å². The first kappa shape index (κ1) is 15.8. The van der Waals surface area contributed by atoms with Gasteiger partial charge in [-0.15, -0.1) is 11.3 Å². The predicted octanol–water partition coefficient (Wildman–Crippen LogP) is 1.78. The smallest absolute Gasteiger partial charge is 0.250 e. The zero-order chi connectivity index (χ0) is 16.3. The SMILES string of the molecule is O=C(CCNS(=O)(=O)c1cccs1)Nc1ccc2c(c1)OCO2. The Kier molecular flexibility index (Phi) is 4.51. The minimum Gasteiger partial charge on any atom is -0.454 e. The van der Waals surface area contributed by atoms with Gasteiger partial charge < -0.3 is 14.8 Å². The minimum absolute atomic E-state index is 0.0244. The molecule has 0 bridgehead atoms. The Morgan fingerprint density at radius 1 is 1.22 bits per heavy atom. The van der Waals surface area contributed by atoms with E-state index in [4.69, 9.17) is 9.47 Å². The normalized spacial score (nSPS) is 13.0. The fourth-order valence-electron chi connectivity index (χ4n) is 1.98. The van der Waals surface area contributed by atoms with Crippen molar-refractivity contribution < 1.29 is 22.7 Å². The third kappa shape index (κ3) is 3.81. The van der Waals surface area contributed by atoms with Gasteiger partial charge in [0.05, 0.1) is 0 Å². The lowest BCUT2D eigenvalue weighted by Crippen LogP contribution is -2.27. The molecule has 0 radical (unpaired) electrons. The van der Waals surface area contributed by atoms with Crippen LogP contribution in [-0.2, 0) is 14.8 Å². The Labute approximate surface area is 137 Å². The number of anilines is 1. The number of hydrogen-bond donors (Lipinski definition) is 2. The average Bonchev–Trinajstić information content (AvgIpc) is 3.18. The molecule has 1 amide bonds. The second-order valence-electron chi connectivity index (χ2n) is 4.70. The summed E-state index contributed by atoms with van der Waals surface area (Å²) in [6.07, 6.45) is 0.0268. The van der Waals surface area contributed by atoms with Gasteiger partial charge in [0.2, 0.25) is 22.7 Å². The number of rotatable bonds is 6. The van der Waals surface area contributed by atoms with E-state index in [1.807, 2.05) is 0 Å². The molecule has 1 aromatic carbocycles. The van der Waals surface area contributed by atoms with Gasteiger partial charge >= 0.3 is 0 Å². The van der Waals surface area contributed by atoms with Crippen molar-refractivity contribution in [3.63, 3.8) is 0 Å². The molecule has 7 nitrogen and oxygen atoms in total. The lowest BCUT2D eigenvalue weighted by atomic mass is 10.2. The van der Waals surface area contributed by atoms with Crippen molar-refractivity contribution in [2.24, 2.45) is 0 Å². The molecule has 3 rings (SSSR count). The molecule has 0 saturated carbocycles. The van der Waals surface area contributed by atoms with Gasteiger partial charge in [0.25, 0.3) is 0 Å². The minimum atomic E-state index is -3.54. The van der Waals surface area contributed by atoms with Gasteiger partial charge in [-0.25, -0.2) is 13.1 Å². The maximum Gasteiger partial charge on any atom is 0.250 e. The molecule has 122 valence electrons. The molecular weight excluding hydrogens is 340 g/mol. The van der Waals surface area contributed by atoms with E-state index in [0.29, 0.717) is 17.2 Å². The molecule has 0 atom stereocenters. The second kappa shape index (κ2) is 6.57. The van der Waals surface area contributed by atoms with Gasteiger partial charge in [-0.05, 0) is 23.6 Å². The fraction of sp³-hybridized carbons (Fsp3) is 0.214. The Hall–Kier alpha value is -2.10. The summed E-state index contributed by atoms with van der Waals surface area (Å²) in [4.78, 5) is 11.9. The van der Waals surface area contributed by atoms with Crippen LogP contribution in [-0.4, -0.2) is 27.7 Å². The van der Waals surface area contributed by atoms with E-state index in [1.165, 1.54) is 6.07 Å². The van der Waals surface area contributed by atoms with Gasteiger partial charge in [-0.1, -0.05) is 6.07 Å². The Bertz CT molecular complexity index is 803. The van der Waals surface area contributed by atoms with Crippen LogP contribution in [0.1, 0.15) is 6.42 Å². The topological polar surface area (TPSA) is 93.7 Å². The first-order chi connectivity index (χ1) is 11.0. The van der Waals surface area contributed by atoms with Crippen LogP contribution in [0.4, 0.5) is 5.69 Å². The van der Waals surface area contributed by atoms with Crippen molar-refractivity contribution in [3.8, 4) is 11.5 Å². The van der Waals surface area contributed by atoms with Crippen LogP contribution >= 0.6 is 11.3 Å². The number of hydrogen-bond acceptors (Lipinski definition) is 6. The summed E-state index contributed by atoms with van der Waals surface area (Å²) in [5, 5.41) is 4.37. The molecule has 1 aliphatic heterocycles. The first-order valence-electron chi connectivity index (χ1n) is 6.77. The number of carbonyl (C=O) groups excluding carboxylic acids is 1. The summed E-state index contributed by atoms with van der Waals surface area (Å²) >= 11 is 1.13. The molecule has 0 spiro atoms. The molecule has 23 heavy (non-hydrogen) atoms. The van der Waals surface area contributed by atoms with Crippen LogP contribution in [0.2, 0.25) is 0 Å². The highest BCUT2D eigenvalue weighted by molar-refractivity contribution is 7.91. The maximum atomic E-state index is 11.9. The third-order valence-corrected chi connectivity index (χ3v) is 5.92. The molecule has 0 unspecified atom stereocenters. The zero-order valence-electron chi connectivity index (χ0n) is 11.9. The number of nitrogens with one attached hydrogen (secondary N) is 2. The maximum absolute atomic E-state index is 11.9. The number of thiophene rings is 1. The van der Waals surface area contributed by atoms with Gasteiger partial charge in [0.15, 0.2) is 11.5 Å². The lowest BCUT2D eigenvalue weighted by molar-refractivity contribution is -0.116. The Balaban J connectivity index is 1.50. The summed E-state index contributed by atoms with van der Waals surface area (Å²) in [5.74, 6) is 0.908. The van der Waals surface area contributed by atoms with Gasteiger partial charge in [-0.2, -0.15) is 0 Å². The summed E-state index contributed by atoms with van der Waals surface area (Å²) in [6.45, 7) is 0.188. The van der Waals surface area contributed by atoms with Crippen molar-refractivity contribution in [2.75, 3.05) is 18.7 Å². The van der Waals surface area contributed by atoms with Gasteiger partial charge in [-0.3, -0.25) is 4.79 Å². The zero-order valence-corrected chi connectivity index (χ0v) is 13.6. The Morgan fingerprint density at radius 3 is 2.83 bits per heavy atom. The van der Waals surface area contributed by atoms with Crippen LogP contribution in [0.5, 0.6) is 11.5 Å². The van der Waals surface area contributed by atoms with Crippen molar-refractivity contribution in [1.29, 1.82) is 0 Å². The number of carbonyl (C=O) groups is 1. The summed E-state index contributed by atoms with van der Waals surface area (Å²) in [7, 11) is -3.54. The molecule has 0 aliphatic carbocycles. The molecule has 0 fully saturated rings. The molecule has 0 saturated heterocycles. The molecule has 9 heteroatoms. The summed E-state index contributed by atoms with van der Waals surface area (Å²) in [6, 6.07) is 8.24. The van der Waals surface area contributed by atoms with E-state index in [1.54, 1.807) is 29.6 Å². The lowest BCUT2D eigenvalue weighted by Gasteiger charge is -2.07. The standard InChI is InChI=1S/C14H14N2O5S2/c17-13(5-6-15-23(18,19)14-2-1-7-22-14)16-10-3-4-11-12(8-10)21-9-20-11/h1-4,7-8,15H,5-6,9H2,(H,16,17). The van der Waals surface area contributed by atoms with E-state index in [0.717, 1.165) is 11.3 Å². The molecule has 1 aliphatic rings. The van der Waals surface area contributed by atoms with Crippen LogP contribution in [0.3, 0.4) is 0 Å². The first-order valence-corrected chi connectivity index (χ1v) is 9.13. The number of benzene rings is 1. The second-order valence-corrected chi connectivity index (χ2v) is 7.64. The van der Waals surface area contributed by atoms with Crippen molar-refractivity contribution in [3.05, 3.63) is 35.7 Å². The highest BCUT2D eigenvalue weighted by Crippen LogP contribution is 2.34. The van der Waals surface area contributed by atoms with E-state index >= 15 is 0 Å². The number of amides is 1. The van der Waals surface area contributed by atoms with Crippen LogP contribution in [0.25, 0.3) is 0 Å². The molecule has 1 aromatic heterocycles. The monoisotopic (exact) mass is 354 g/mol. The quantitative estimate of drug-likeness (QED) is 0.825. The van der Waals surface area contributed by atoms with E-state index in [-0.39, 0.29) is 29.9 Å². The molecule has 2 heterocycles. The van der Waals surface area contributed by atoms with E-state index < -0.39 is 10.0 Å². The highest BCUT2D eigenvalue weighted by atomic mass is 32.2. The van der Waals surface area contributed by atoms with Crippen LogP contribution in [0, 0.1) is 0 Å². The van der Waals surface area contributed by atoms with E-state index in [2.05, 4.69) is 10.0 Å².